The van der Waals surface area contributed by atoms with Crippen LogP contribution in [0.2, 0.25) is 0 Å². The molecule has 0 fully saturated rings. The monoisotopic (exact) mass is 325 g/mol. The first-order valence-electron chi connectivity index (χ1n) is 7.32. The van der Waals surface area contributed by atoms with Crippen LogP contribution >= 0.6 is 0 Å². The molecule has 1 heterocycles. The van der Waals surface area contributed by atoms with Gasteiger partial charge in [-0.2, -0.15) is 4.31 Å². The van der Waals surface area contributed by atoms with Crippen molar-refractivity contribution >= 4 is 15.9 Å². The van der Waals surface area contributed by atoms with E-state index in [1.54, 1.807) is 24.3 Å². The molecule has 0 aromatic heterocycles. The quantitative estimate of drug-likeness (QED) is 0.791. The fourth-order valence-electron chi connectivity index (χ4n) is 2.57. The standard InChI is InChI=1S/C15H23N3O3S/c1-17(2)10-6-9-16-15(19)13-11-12-7-4-5-8-14(12)22(20,21)18(13)3/h4-5,7-8,13H,6,9-11H2,1-3H3,(H,16,19). The molecule has 0 bridgehead atoms. The van der Waals surface area contributed by atoms with E-state index in [0.717, 1.165) is 13.0 Å². The molecular formula is C15H23N3O3S. The molecule has 1 unspecified atom stereocenters. The number of hydrogen-bond acceptors (Lipinski definition) is 4. The second kappa shape index (κ2) is 6.76. The second-order valence-electron chi connectivity index (χ2n) is 5.80. The maximum atomic E-state index is 12.5. The highest BCUT2D eigenvalue weighted by Crippen LogP contribution is 2.28. The third-order valence-corrected chi connectivity index (χ3v) is 5.83. The van der Waals surface area contributed by atoms with Gasteiger partial charge in [0.05, 0.1) is 4.90 Å². The van der Waals surface area contributed by atoms with E-state index in [4.69, 9.17) is 0 Å². The van der Waals surface area contributed by atoms with E-state index in [2.05, 4.69) is 5.32 Å². The molecule has 1 N–H and O–H groups in total. The Morgan fingerprint density at radius 3 is 2.73 bits per heavy atom. The molecule has 7 heteroatoms. The summed E-state index contributed by atoms with van der Waals surface area (Å²) in [5.74, 6) is -0.237. The lowest BCUT2D eigenvalue weighted by molar-refractivity contribution is -0.124. The number of nitrogens with one attached hydrogen (secondary N) is 1. The Bertz CT molecular complexity index is 643. The number of likely N-dealkylation sites (N-methyl/N-ethyl adjacent to an activating group) is 1. The molecule has 122 valence electrons. The van der Waals surface area contributed by atoms with Crippen molar-refractivity contribution in [3.8, 4) is 0 Å². The molecule has 0 aliphatic carbocycles. The van der Waals surface area contributed by atoms with Crippen molar-refractivity contribution in [3.05, 3.63) is 29.8 Å². The van der Waals surface area contributed by atoms with Crippen LogP contribution in [0.5, 0.6) is 0 Å². The summed E-state index contributed by atoms with van der Waals surface area (Å²) in [5, 5.41) is 2.84. The SMILES string of the molecule is CN(C)CCCNC(=O)C1Cc2ccccc2S(=O)(=O)N1C. The Hall–Kier alpha value is -1.44. The number of carbonyl (C=O) groups excluding carboxylic acids is 1. The van der Waals surface area contributed by atoms with Crippen molar-refractivity contribution in [1.82, 2.24) is 14.5 Å². The van der Waals surface area contributed by atoms with Crippen LogP contribution in [0.25, 0.3) is 0 Å². The summed E-state index contributed by atoms with van der Waals surface area (Å²) in [6.07, 6.45) is 1.24. The van der Waals surface area contributed by atoms with Crippen molar-refractivity contribution < 1.29 is 13.2 Å². The molecule has 6 nitrogen and oxygen atoms in total. The molecule has 0 saturated carbocycles. The van der Waals surface area contributed by atoms with Gasteiger partial charge in [-0.15, -0.1) is 0 Å². The summed E-state index contributed by atoms with van der Waals surface area (Å²) in [5.41, 5.74) is 0.703. The van der Waals surface area contributed by atoms with Gasteiger partial charge in [0, 0.05) is 13.6 Å². The van der Waals surface area contributed by atoms with E-state index in [1.807, 2.05) is 19.0 Å². The maximum Gasteiger partial charge on any atom is 0.243 e. The highest BCUT2D eigenvalue weighted by atomic mass is 32.2. The molecular weight excluding hydrogens is 302 g/mol. The van der Waals surface area contributed by atoms with Crippen molar-refractivity contribution in [2.75, 3.05) is 34.2 Å². The second-order valence-corrected chi connectivity index (χ2v) is 7.76. The molecule has 22 heavy (non-hydrogen) atoms. The molecule has 1 aromatic carbocycles. The smallest absolute Gasteiger partial charge is 0.243 e. The first kappa shape index (κ1) is 16.9. The van der Waals surface area contributed by atoms with Crippen molar-refractivity contribution in [2.45, 2.75) is 23.8 Å². The van der Waals surface area contributed by atoms with Gasteiger partial charge in [-0.1, -0.05) is 18.2 Å². The average molecular weight is 325 g/mol. The lowest BCUT2D eigenvalue weighted by Gasteiger charge is -2.32. The van der Waals surface area contributed by atoms with Crippen LogP contribution in [-0.4, -0.2) is 63.8 Å². The van der Waals surface area contributed by atoms with Gasteiger partial charge in [-0.25, -0.2) is 8.42 Å². The zero-order valence-corrected chi connectivity index (χ0v) is 14.1. The van der Waals surface area contributed by atoms with Crippen LogP contribution in [0.3, 0.4) is 0 Å². The number of rotatable bonds is 5. The lowest BCUT2D eigenvalue weighted by atomic mass is 10.0. The summed E-state index contributed by atoms with van der Waals surface area (Å²) in [4.78, 5) is 14.7. The number of carbonyl (C=O) groups is 1. The third-order valence-electron chi connectivity index (χ3n) is 3.87. The predicted molar refractivity (Wildman–Crippen MR) is 85.1 cm³/mol. The van der Waals surface area contributed by atoms with E-state index in [1.165, 1.54) is 11.4 Å². The van der Waals surface area contributed by atoms with Gasteiger partial charge in [0.1, 0.15) is 6.04 Å². The van der Waals surface area contributed by atoms with Gasteiger partial charge in [-0.05, 0) is 45.1 Å². The molecule has 0 spiro atoms. The van der Waals surface area contributed by atoms with Crippen LogP contribution in [0.4, 0.5) is 0 Å². The van der Waals surface area contributed by atoms with E-state index < -0.39 is 16.1 Å². The number of amides is 1. The Balaban J connectivity index is 2.08. The van der Waals surface area contributed by atoms with Crippen LogP contribution in [0.1, 0.15) is 12.0 Å². The topological polar surface area (TPSA) is 69.7 Å². The minimum absolute atomic E-state index is 0.237. The lowest BCUT2D eigenvalue weighted by Crippen LogP contribution is -2.51. The van der Waals surface area contributed by atoms with E-state index in [0.29, 0.717) is 23.4 Å². The minimum atomic E-state index is -3.59. The van der Waals surface area contributed by atoms with Crippen LogP contribution in [0.15, 0.2) is 29.2 Å². The largest absolute Gasteiger partial charge is 0.355 e. The highest BCUT2D eigenvalue weighted by Gasteiger charge is 2.38. The van der Waals surface area contributed by atoms with Crippen molar-refractivity contribution in [3.63, 3.8) is 0 Å². The Morgan fingerprint density at radius 1 is 1.36 bits per heavy atom. The Labute approximate surface area is 132 Å². The normalized spacial score (nSPS) is 20.6. The maximum absolute atomic E-state index is 12.5. The first-order chi connectivity index (χ1) is 10.3. The molecule has 0 radical (unpaired) electrons. The van der Waals surface area contributed by atoms with Gasteiger partial charge in [0.2, 0.25) is 15.9 Å². The van der Waals surface area contributed by atoms with Gasteiger partial charge in [0.25, 0.3) is 0 Å². The van der Waals surface area contributed by atoms with Gasteiger partial charge < -0.3 is 10.2 Å². The number of sulfonamides is 1. The summed E-state index contributed by atoms with van der Waals surface area (Å²) >= 11 is 0. The summed E-state index contributed by atoms with van der Waals surface area (Å²) < 4.78 is 26.1. The fraction of sp³-hybridized carbons (Fsp3) is 0.533. The molecule has 1 atom stereocenters. The summed E-state index contributed by atoms with van der Waals surface area (Å²) in [6.45, 7) is 1.42. The number of fused-ring (bicyclic) bond motifs is 1. The molecule has 1 amide bonds. The van der Waals surface area contributed by atoms with E-state index in [-0.39, 0.29) is 5.91 Å². The molecule has 1 aliphatic rings. The number of nitrogens with zero attached hydrogens (tertiary/aromatic N) is 2. The van der Waals surface area contributed by atoms with Crippen LogP contribution < -0.4 is 5.32 Å². The molecule has 1 aliphatic heterocycles. The average Bonchev–Trinajstić information content (AvgIpc) is 2.47. The van der Waals surface area contributed by atoms with E-state index in [9.17, 15) is 13.2 Å². The van der Waals surface area contributed by atoms with Crippen molar-refractivity contribution in [1.29, 1.82) is 0 Å². The van der Waals surface area contributed by atoms with E-state index >= 15 is 0 Å². The van der Waals surface area contributed by atoms with Gasteiger partial charge in [0.15, 0.2) is 0 Å². The summed E-state index contributed by atoms with van der Waals surface area (Å²) in [7, 11) is 1.82. The predicted octanol–water partition coefficient (Wildman–Crippen LogP) is 0.300. The molecule has 1 aromatic rings. The zero-order chi connectivity index (χ0) is 16.3. The third kappa shape index (κ3) is 3.48. The number of hydrogen-bond donors (Lipinski definition) is 1. The van der Waals surface area contributed by atoms with Gasteiger partial charge in [-0.3, -0.25) is 4.79 Å². The highest BCUT2D eigenvalue weighted by molar-refractivity contribution is 7.89. The van der Waals surface area contributed by atoms with Crippen molar-refractivity contribution in [2.24, 2.45) is 0 Å². The Morgan fingerprint density at radius 2 is 2.05 bits per heavy atom. The molecule has 2 rings (SSSR count). The summed E-state index contributed by atoms with van der Waals surface area (Å²) in [6, 6.07) is 6.18. The zero-order valence-electron chi connectivity index (χ0n) is 13.2. The minimum Gasteiger partial charge on any atom is -0.355 e. The van der Waals surface area contributed by atoms with Gasteiger partial charge >= 0.3 is 0 Å². The molecule has 0 saturated heterocycles. The Kier molecular flexibility index (Phi) is 5.20. The van der Waals surface area contributed by atoms with Crippen LogP contribution in [-0.2, 0) is 21.2 Å². The number of benzene rings is 1. The first-order valence-corrected chi connectivity index (χ1v) is 8.76. The van der Waals surface area contributed by atoms with Crippen LogP contribution in [0, 0.1) is 0 Å². The fourth-order valence-corrected chi connectivity index (χ4v) is 4.11.